The van der Waals surface area contributed by atoms with Gasteiger partial charge in [-0.1, -0.05) is 31.7 Å². The summed E-state index contributed by atoms with van der Waals surface area (Å²) in [5.41, 5.74) is 5.24. The SMILES string of the molecule is Cc1nc2ccc(CN(C)c3ccc(C(=O)N[C@@H](CCC(=O)O)C(=O)SCCNC(=O)CCNC(=O)C(O)C(C)(C)COP(=O)(O)OP(=O)(O)OCC4OC(n5cnc6c(N)ncnc65)C(O)C4OP(=O)(O)O)s3)cc2c(=O)[nH]1. The number of aryl methyl sites for hydroxylation is 1. The number of thioether (sulfide) groups is 1. The van der Waals surface area contributed by atoms with Crippen LogP contribution in [0.25, 0.3) is 22.1 Å². The first-order valence-electron chi connectivity index (χ1n) is 23.3. The second-order valence-corrected chi connectivity index (χ2v) is 24.6. The highest BCUT2D eigenvalue weighted by Gasteiger charge is 2.50. The molecule has 79 heavy (non-hydrogen) atoms. The van der Waals surface area contributed by atoms with Crippen molar-refractivity contribution in [2.45, 2.75) is 83.3 Å². The maximum Gasteiger partial charge on any atom is 0.481 e. The molecule has 0 saturated carbocycles. The van der Waals surface area contributed by atoms with Crippen LogP contribution in [0.3, 0.4) is 0 Å². The maximum atomic E-state index is 13.3. The first-order valence-corrected chi connectivity index (χ1v) is 29.6. The van der Waals surface area contributed by atoms with Gasteiger partial charge in [-0.05, 0) is 43.2 Å². The summed E-state index contributed by atoms with van der Waals surface area (Å²) in [5, 5.41) is 39.0. The summed E-state index contributed by atoms with van der Waals surface area (Å²) in [4.78, 5) is 136. The zero-order chi connectivity index (χ0) is 58.2. The van der Waals surface area contributed by atoms with E-state index in [-0.39, 0.29) is 59.1 Å². The number of nitrogen functional groups attached to an aromatic ring is 1. The van der Waals surface area contributed by atoms with Crippen molar-refractivity contribution in [2.75, 3.05) is 49.7 Å². The Morgan fingerprint density at radius 1 is 1.01 bits per heavy atom. The summed E-state index contributed by atoms with van der Waals surface area (Å²) in [5.74, 6) is -3.03. The number of phosphoric acid groups is 3. The summed E-state index contributed by atoms with van der Waals surface area (Å²) < 4.78 is 62.6. The Hall–Kier alpha value is -5.64. The fraction of sp³-hybridized carbons (Fsp3) is 0.476. The van der Waals surface area contributed by atoms with E-state index in [1.165, 1.54) is 13.8 Å². The average molecular weight is 1210 g/mol. The fourth-order valence-electron chi connectivity index (χ4n) is 7.54. The number of H-pyrrole nitrogens is 1. The molecule has 1 aromatic carbocycles. The van der Waals surface area contributed by atoms with Gasteiger partial charge in [0.2, 0.25) is 16.9 Å². The van der Waals surface area contributed by atoms with Gasteiger partial charge in [0.1, 0.15) is 42.1 Å². The van der Waals surface area contributed by atoms with E-state index in [1.807, 2.05) is 11.0 Å². The molecule has 32 nitrogen and oxygen atoms in total. The molecule has 4 aromatic heterocycles. The lowest BCUT2D eigenvalue weighted by Crippen LogP contribution is -2.46. The van der Waals surface area contributed by atoms with Gasteiger partial charge in [0.25, 0.3) is 11.5 Å². The number of nitrogens with one attached hydrogen (secondary N) is 4. The number of carbonyl (C=O) groups is 5. The monoisotopic (exact) mass is 1210 g/mol. The lowest BCUT2D eigenvalue weighted by Gasteiger charge is -2.30. The molecular formula is C42H56N11O21P3S2. The van der Waals surface area contributed by atoms with Crippen molar-refractivity contribution in [3.8, 4) is 0 Å². The minimum absolute atomic E-state index is 0.00497. The van der Waals surface area contributed by atoms with Gasteiger partial charge < -0.3 is 71.2 Å². The third-order valence-electron chi connectivity index (χ3n) is 11.5. The molecule has 37 heteroatoms. The Morgan fingerprint density at radius 2 is 1.73 bits per heavy atom. The summed E-state index contributed by atoms with van der Waals surface area (Å²) >= 11 is 1.87. The molecule has 1 fully saturated rings. The molecule has 0 aliphatic carbocycles. The van der Waals surface area contributed by atoms with Crippen LogP contribution in [-0.4, -0.2) is 163 Å². The van der Waals surface area contributed by atoms with E-state index in [2.05, 4.69) is 49.7 Å². The number of nitrogens with zero attached hydrogens (tertiary/aromatic N) is 6. The van der Waals surface area contributed by atoms with Crippen molar-refractivity contribution in [2.24, 2.45) is 5.41 Å². The van der Waals surface area contributed by atoms with Gasteiger partial charge >= 0.3 is 29.4 Å². The van der Waals surface area contributed by atoms with Gasteiger partial charge in [0.05, 0.1) is 46.4 Å². The molecule has 1 aliphatic rings. The Kier molecular flexibility index (Phi) is 20.8. The summed E-state index contributed by atoms with van der Waals surface area (Å²) in [6.07, 6.45) is -8.01. The number of benzene rings is 1. The number of anilines is 2. The zero-order valence-electron chi connectivity index (χ0n) is 42.1. The highest BCUT2D eigenvalue weighted by molar-refractivity contribution is 8.13. The molecule has 1 saturated heterocycles. The topological polar surface area (TPSA) is 479 Å². The van der Waals surface area contributed by atoms with Crippen LogP contribution in [0.5, 0.6) is 0 Å². The molecule has 0 spiro atoms. The van der Waals surface area contributed by atoms with E-state index in [9.17, 15) is 77.4 Å². The van der Waals surface area contributed by atoms with Gasteiger partial charge in [-0.2, -0.15) is 4.31 Å². The second-order valence-electron chi connectivity index (χ2n) is 18.2. The number of rotatable bonds is 28. The van der Waals surface area contributed by atoms with Crippen LogP contribution < -0.4 is 32.1 Å². The number of amides is 3. The van der Waals surface area contributed by atoms with E-state index >= 15 is 0 Å². The van der Waals surface area contributed by atoms with Crippen molar-refractivity contribution in [3.63, 3.8) is 0 Å². The van der Waals surface area contributed by atoms with E-state index in [0.717, 1.165) is 45.9 Å². The third kappa shape index (κ3) is 17.4. The number of carboxylic acids is 1. The molecule has 5 aromatic rings. The van der Waals surface area contributed by atoms with Gasteiger partial charge in [-0.15, -0.1) is 11.3 Å². The summed E-state index contributed by atoms with van der Waals surface area (Å²) in [6.45, 7) is 1.96. The molecular weight excluding hydrogens is 1150 g/mol. The number of aliphatic carboxylic acids is 1. The molecule has 3 amide bonds. The van der Waals surface area contributed by atoms with Crippen molar-refractivity contribution < 1.29 is 95.2 Å². The number of nitrogens with two attached hydrogens (primary N) is 1. The number of aromatic nitrogens is 6. The lowest BCUT2D eigenvalue weighted by molar-refractivity contribution is -0.138. The van der Waals surface area contributed by atoms with Crippen LogP contribution in [0.2, 0.25) is 0 Å². The van der Waals surface area contributed by atoms with Gasteiger partial charge in [-0.25, -0.2) is 33.6 Å². The lowest BCUT2D eigenvalue weighted by atomic mass is 9.87. The quantitative estimate of drug-likeness (QED) is 0.0241. The summed E-state index contributed by atoms with van der Waals surface area (Å²) in [7, 11) is -14.8. The van der Waals surface area contributed by atoms with Crippen LogP contribution in [0, 0.1) is 12.3 Å². The van der Waals surface area contributed by atoms with Gasteiger partial charge in [-0.3, -0.25) is 46.9 Å². The van der Waals surface area contributed by atoms with E-state index in [4.69, 9.17) is 19.5 Å². The molecule has 6 rings (SSSR count). The van der Waals surface area contributed by atoms with Crippen molar-refractivity contribution in [1.82, 2.24) is 45.4 Å². The average Bonchev–Trinajstić information content (AvgIpc) is 4.14. The maximum absolute atomic E-state index is 13.3. The Morgan fingerprint density at radius 3 is 2.44 bits per heavy atom. The predicted octanol–water partition coefficient (Wildman–Crippen LogP) is 0.571. The van der Waals surface area contributed by atoms with Crippen LogP contribution in [0.4, 0.5) is 10.8 Å². The van der Waals surface area contributed by atoms with Crippen molar-refractivity contribution in [3.05, 3.63) is 69.6 Å². The predicted molar refractivity (Wildman–Crippen MR) is 279 cm³/mol. The Labute approximate surface area is 455 Å². The van der Waals surface area contributed by atoms with Crippen molar-refractivity contribution in [1.29, 1.82) is 0 Å². The minimum Gasteiger partial charge on any atom is -0.481 e. The smallest absolute Gasteiger partial charge is 0.481 e. The van der Waals surface area contributed by atoms with E-state index < -0.39 is 114 Å². The number of aromatic amines is 1. The molecule has 7 unspecified atom stereocenters. The second kappa shape index (κ2) is 26.3. The number of hydrogen-bond donors (Lipinski definition) is 12. The zero-order valence-corrected chi connectivity index (χ0v) is 46.5. The molecule has 8 atom stereocenters. The van der Waals surface area contributed by atoms with Crippen LogP contribution in [0.15, 0.2) is 47.8 Å². The number of imidazole rings is 1. The molecule has 13 N–H and O–H groups in total. The molecule has 432 valence electrons. The fourth-order valence-corrected chi connectivity index (χ4v) is 12.0. The standard InChI is InChI=1S/C42H56N11O21P3S2/c1-21-49-24-6-5-22(15-23(24)37(59)50-21)16-52(4)29-9-8-27(79-29)38(60)51-25(7-10-30(55)56)41(62)78-14-13-44-28(54)11-12-45-39(61)34(58)42(2,3)18-71-77(68,69)74-76(66,67)70-17-26-33(73-75(63,64)65)32(57)40(72-26)53-20-48-31-35(43)46-19-47-36(31)53/h5-6,8-9,15,19-20,25-26,32-34,40,57-58H,7,10-14,16-18H2,1-4H3,(H,44,54)(H,45,61)(H,51,60)(H,55,56)(H,66,67)(H,68,69)(H2,43,46,47)(H,49,50,59)(H2,63,64,65)/t25-,26?,32?,33?,34?,40?/m0/s1. The highest BCUT2D eigenvalue weighted by atomic mass is 32.2. The first kappa shape index (κ1) is 62.6. The number of carboxylic acid groups (broad SMARTS) is 1. The number of phosphoric ester groups is 3. The minimum atomic E-state index is -5.64. The largest absolute Gasteiger partial charge is 0.481 e. The number of ether oxygens (including phenoxy) is 1. The number of thiophene rings is 1. The first-order chi connectivity index (χ1) is 36.9. The number of fused-ring (bicyclic) bond motifs is 2. The number of carbonyl (C=O) groups excluding carboxylic acids is 4. The van der Waals surface area contributed by atoms with Gasteiger partial charge in [0.15, 0.2) is 17.7 Å². The summed E-state index contributed by atoms with van der Waals surface area (Å²) in [6, 6.07) is 7.39. The Bertz CT molecular complexity index is 3270. The van der Waals surface area contributed by atoms with E-state index in [1.54, 1.807) is 38.2 Å². The number of hydrogen-bond acceptors (Lipinski definition) is 24. The van der Waals surface area contributed by atoms with E-state index in [0.29, 0.717) is 28.3 Å². The highest BCUT2D eigenvalue weighted by Crippen LogP contribution is 2.61. The van der Waals surface area contributed by atoms with Gasteiger partial charge in [0, 0.05) is 50.7 Å². The van der Waals surface area contributed by atoms with Crippen LogP contribution in [0.1, 0.15) is 60.4 Å². The van der Waals surface area contributed by atoms with Crippen molar-refractivity contribution >= 4 is 108 Å². The Balaban J connectivity index is 0.904. The molecule has 0 radical (unpaired) electrons. The normalized spacial score (nSPS) is 19.1. The van der Waals surface area contributed by atoms with Crippen LogP contribution in [-0.2, 0) is 62.0 Å². The number of aliphatic hydroxyl groups is 2. The third-order valence-corrected chi connectivity index (χ3v) is 16.8. The molecule has 5 heterocycles. The number of aliphatic hydroxyl groups excluding tert-OH is 2. The molecule has 1 aliphatic heterocycles. The molecule has 0 bridgehead atoms. The van der Waals surface area contributed by atoms with Crippen LogP contribution >= 0.6 is 46.6 Å².